The minimum atomic E-state index is -3.62. The average molecular weight is 494 g/mol. The molecule has 0 N–H and O–H groups in total. The van der Waals surface area contributed by atoms with E-state index in [9.17, 15) is 8.42 Å². The summed E-state index contributed by atoms with van der Waals surface area (Å²) in [6.45, 7) is 4.80. The molecule has 176 valence electrons. The minimum absolute atomic E-state index is 0.112. The normalized spacial score (nSPS) is 16.2. The van der Waals surface area contributed by atoms with Crippen molar-refractivity contribution in [1.82, 2.24) is 13.8 Å². The van der Waals surface area contributed by atoms with Crippen molar-refractivity contribution >= 4 is 49.4 Å². The second-order valence-corrected chi connectivity index (χ2v) is 11.2. The molecule has 1 aliphatic rings. The summed E-state index contributed by atoms with van der Waals surface area (Å²) in [5.41, 5.74) is 2.70. The van der Waals surface area contributed by atoms with E-state index in [0.717, 1.165) is 60.0 Å². The lowest BCUT2D eigenvalue weighted by molar-refractivity contribution is 0.148. The molecule has 2 heterocycles. The van der Waals surface area contributed by atoms with Gasteiger partial charge in [0.2, 0.25) is 10.0 Å². The molecule has 1 aromatic heterocycles. The first-order valence-corrected chi connectivity index (χ1v) is 13.5. The number of halogens is 1. The summed E-state index contributed by atoms with van der Waals surface area (Å²) in [6, 6.07) is 19.9. The van der Waals surface area contributed by atoms with Gasteiger partial charge in [0.1, 0.15) is 0 Å². The largest absolute Gasteiger partial charge is 0.304 e. The van der Waals surface area contributed by atoms with Gasteiger partial charge in [-0.15, -0.1) is 0 Å². The summed E-state index contributed by atoms with van der Waals surface area (Å²) in [6.07, 6.45) is 5.14. The van der Waals surface area contributed by atoms with Crippen LogP contribution < -0.4 is 0 Å². The van der Waals surface area contributed by atoms with Crippen LogP contribution in [-0.2, 0) is 16.6 Å². The van der Waals surface area contributed by atoms with Crippen molar-refractivity contribution in [2.75, 3.05) is 39.0 Å². The van der Waals surface area contributed by atoms with Crippen LogP contribution in [0.25, 0.3) is 27.8 Å². The number of aromatic nitrogens is 1. The van der Waals surface area contributed by atoms with Crippen LogP contribution in [0.1, 0.15) is 11.1 Å². The van der Waals surface area contributed by atoms with E-state index in [-0.39, 0.29) is 5.75 Å². The zero-order chi connectivity index (χ0) is 23.7. The van der Waals surface area contributed by atoms with Gasteiger partial charge in [-0.3, -0.25) is 4.90 Å². The van der Waals surface area contributed by atoms with Crippen LogP contribution in [-0.4, -0.2) is 61.2 Å². The highest BCUT2D eigenvalue weighted by molar-refractivity contribution is 7.90. The van der Waals surface area contributed by atoms with E-state index in [4.69, 9.17) is 11.6 Å². The van der Waals surface area contributed by atoms with Gasteiger partial charge in [0.15, 0.2) is 0 Å². The highest BCUT2D eigenvalue weighted by atomic mass is 35.5. The molecule has 34 heavy (non-hydrogen) atoms. The fourth-order valence-electron chi connectivity index (χ4n) is 4.66. The lowest BCUT2D eigenvalue weighted by Crippen LogP contribution is -2.43. The molecular formula is C27H28ClN3O2S. The third-order valence-corrected chi connectivity index (χ3v) is 8.35. The average Bonchev–Trinajstić information content (AvgIpc) is 3.19. The molecule has 1 saturated heterocycles. The molecule has 1 fully saturated rings. The van der Waals surface area contributed by atoms with Gasteiger partial charge in [0, 0.05) is 44.3 Å². The first kappa shape index (κ1) is 23.1. The van der Waals surface area contributed by atoms with Crippen LogP contribution in [0.3, 0.4) is 0 Å². The molecule has 0 saturated carbocycles. The molecule has 5 rings (SSSR count). The predicted octanol–water partition coefficient (Wildman–Crippen LogP) is 5.09. The Morgan fingerprint density at radius 1 is 0.941 bits per heavy atom. The first-order chi connectivity index (χ1) is 16.4. The van der Waals surface area contributed by atoms with E-state index >= 15 is 0 Å². The van der Waals surface area contributed by atoms with E-state index in [2.05, 4.69) is 29.0 Å². The minimum Gasteiger partial charge on any atom is -0.304 e. The predicted molar refractivity (Wildman–Crippen MR) is 142 cm³/mol. The van der Waals surface area contributed by atoms with Crippen LogP contribution in [0.15, 0.2) is 72.9 Å². The van der Waals surface area contributed by atoms with Crippen LogP contribution >= 0.6 is 11.6 Å². The quantitative estimate of drug-likeness (QED) is 0.375. The Morgan fingerprint density at radius 3 is 2.50 bits per heavy atom. The molecule has 4 aromatic rings. The van der Waals surface area contributed by atoms with Gasteiger partial charge >= 0.3 is 0 Å². The lowest BCUT2D eigenvalue weighted by Gasteiger charge is -2.32. The van der Waals surface area contributed by atoms with Crippen LogP contribution in [0.2, 0.25) is 5.02 Å². The molecule has 0 amide bonds. The monoisotopic (exact) mass is 493 g/mol. The Kier molecular flexibility index (Phi) is 6.49. The van der Waals surface area contributed by atoms with Gasteiger partial charge in [-0.2, -0.15) is 0 Å². The maximum Gasteiger partial charge on any atom is 0.242 e. The Labute approximate surface area is 205 Å². The zero-order valence-electron chi connectivity index (χ0n) is 19.2. The van der Waals surface area contributed by atoms with E-state index in [1.54, 1.807) is 12.3 Å². The van der Waals surface area contributed by atoms with Crippen LogP contribution in [0.4, 0.5) is 0 Å². The van der Waals surface area contributed by atoms with Crippen LogP contribution in [0, 0.1) is 0 Å². The number of fused-ring (bicyclic) bond motifs is 2. The van der Waals surface area contributed by atoms with Crippen molar-refractivity contribution in [1.29, 1.82) is 0 Å². The summed E-state index contributed by atoms with van der Waals surface area (Å²) in [4.78, 5) is 4.71. The van der Waals surface area contributed by atoms with Gasteiger partial charge in [0.05, 0.1) is 16.3 Å². The van der Waals surface area contributed by atoms with Crippen molar-refractivity contribution in [2.24, 2.45) is 0 Å². The fraction of sp³-hybridized carbons (Fsp3) is 0.259. The molecule has 5 nitrogen and oxygen atoms in total. The molecule has 7 heteroatoms. The molecule has 0 radical (unpaired) electrons. The van der Waals surface area contributed by atoms with Gasteiger partial charge in [0.25, 0.3) is 0 Å². The number of piperazine rings is 1. The summed E-state index contributed by atoms with van der Waals surface area (Å²) in [5, 5.41) is 3.52. The second kappa shape index (κ2) is 9.55. The fourth-order valence-corrected chi connectivity index (χ4v) is 6.26. The number of rotatable bonds is 6. The van der Waals surface area contributed by atoms with E-state index < -0.39 is 10.0 Å². The summed E-state index contributed by atoms with van der Waals surface area (Å²) < 4.78 is 27.9. The third kappa shape index (κ3) is 4.64. The smallest absolute Gasteiger partial charge is 0.242 e. The van der Waals surface area contributed by atoms with Gasteiger partial charge in [-0.05, 0) is 35.0 Å². The summed E-state index contributed by atoms with van der Waals surface area (Å²) >= 11 is 6.60. The standard InChI is InChI=1S/C27H28ClN3O2S/c1-29-14-16-30(17-15-29)19-23-10-5-13-26-27(23)25(28)20-31(26)34(32,33)18-6-11-22-9-4-8-21-7-2-3-12-24(21)22/h2-13,20H,14-19H2,1H3. The van der Waals surface area contributed by atoms with E-state index in [1.807, 2.05) is 54.6 Å². The summed E-state index contributed by atoms with van der Waals surface area (Å²) in [5.74, 6) is -0.112. The van der Waals surface area contributed by atoms with Gasteiger partial charge < -0.3 is 4.90 Å². The Morgan fingerprint density at radius 2 is 1.68 bits per heavy atom. The molecule has 0 spiro atoms. The van der Waals surface area contributed by atoms with Crippen molar-refractivity contribution in [3.8, 4) is 0 Å². The molecule has 0 atom stereocenters. The van der Waals surface area contributed by atoms with Crippen LogP contribution in [0.5, 0.6) is 0 Å². The molecule has 3 aromatic carbocycles. The van der Waals surface area contributed by atoms with Crippen molar-refractivity contribution in [3.63, 3.8) is 0 Å². The first-order valence-electron chi connectivity index (χ1n) is 11.5. The lowest BCUT2D eigenvalue weighted by atomic mass is 10.0. The SMILES string of the molecule is CN1CCN(Cc2cccc3c2c(Cl)cn3S(=O)(=O)CC=Cc2cccc3ccccc23)CC1. The molecular weight excluding hydrogens is 466 g/mol. The van der Waals surface area contributed by atoms with Crippen molar-refractivity contribution < 1.29 is 8.42 Å². The van der Waals surface area contributed by atoms with Gasteiger partial charge in [-0.25, -0.2) is 12.4 Å². The molecule has 0 aliphatic carbocycles. The maximum atomic E-state index is 13.3. The molecule has 1 aliphatic heterocycles. The number of hydrogen-bond donors (Lipinski definition) is 0. The highest BCUT2D eigenvalue weighted by Crippen LogP contribution is 2.31. The topological polar surface area (TPSA) is 45.5 Å². The molecule has 0 unspecified atom stereocenters. The third-order valence-electron chi connectivity index (χ3n) is 6.55. The zero-order valence-corrected chi connectivity index (χ0v) is 20.8. The van der Waals surface area contributed by atoms with E-state index in [1.165, 1.54) is 3.97 Å². The van der Waals surface area contributed by atoms with Crippen molar-refractivity contribution in [2.45, 2.75) is 6.54 Å². The Balaban J connectivity index is 1.41. The van der Waals surface area contributed by atoms with E-state index in [0.29, 0.717) is 10.5 Å². The number of nitrogens with zero attached hydrogens (tertiary/aromatic N) is 3. The number of benzene rings is 3. The number of likely N-dealkylation sites (N-methyl/N-ethyl adjacent to an activating group) is 1. The highest BCUT2D eigenvalue weighted by Gasteiger charge is 2.21. The second-order valence-electron chi connectivity index (χ2n) is 8.91. The van der Waals surface area contributed by atoms with Crippen molar-refractivity contribution in [3.05, 3.63) is 89.1 Å². The number of hydrogen-bond acceptors (Lipinski definition) is 4. The molecule has 0 bridgehead atoms. The maximum absolute atomic E-state index is 13.3. The van der Waals surface area contributed by atoms with Gasteiger partial charge in [-0.1, -0.05) is 78.4 Å². The summed E-state index contributed by atoms with van der Waals surface area (Å²) in [7, 11) is -1.49. The Bertz CT molecular complexity index is 1460. The Hall–Kier alpha value is -2.64.